The Morgan fingerprint density at radius 2 is 2.27 bits per heavy atom. The number of alkyl halides is 1. The van der Waals surface area contributed by atoms with Gasteiger partial charge in [0.25, 0.3) is 0 Å². The third-order valence-electron chi connectivity index (χ3n) is 1.75. The molecule has 3 nitrogen and oxygen atoms in total. The molecule has 1 rings (SSSR count). The first-order valence-electron chi connectivity index (χ1n) is 3.89. The van der Waals surface area contributed by atoms with E-state index in [9.17, 15) is 0 Å². The number of halogens is 1. The summed E-state index contributed by atoms with van der Waals surface area (Å²) < 4.78 is 0.401. The highest BCUT2D eigenvalue weighted by Crippen LogP contribution is 2.20. The molecule has 4 heteroatoms. The highest BCUT2D eigenvalue weighted by atomic mass is 127. The Morgan fingerprint density at radius 1 is 1.64 bits per heavy atom. The van der Waals surface area contributed by atoms with Crippen LogP contribution in [0.25, 0.3) is 0 Å². The van der Waals surface area contributed by atoms with Crippen LogP contribution in [0.15, 0.2) is 5.10 Å². The zero-order chi connectivity index (χ0) is 8.43. The van der Waals surface area contributed by atoms with Crippen LogP contribution in [0.1, 0.15) is 20.8 Å². The van der Waals surface area contributed by atoms with E-state index < -0.39 is 0 Å². The van der Waals surface area contributed by atoms with E-state index in [4.69, 9.17) is 0 Å². The van der Waals surface area contributed by atoms with Gasteiger partial charge >= 0.3 is 0 Å². The monoisotopic (exact) mass is 267 g/mol. The van der Waals surface area contributed by atoms with Gasteiger partial charge in [-0.1, -0.05) is 0 Å². The Balaban J connectivity index is 2.56. The van der Waals surface area contributed by atoms with Gasteiger partial charge < -0.3 is 4.90 Å². The van der Waals surface area contributed by atoms with E-state index in [2.05, 4.69) is 58.4 Å². The minimum Gasteiger partial charge on any atom is -0.329 e. The zero-order valence-electron chi connectivity index (χ0n) is 7.16. The van der Waals surface area contributed by atoms with Gasteiger partial charge in [-0.15, -0.1) is 0 Å². The molecule has 0 N–H and O–H groups in total. The largest absolute Gasteiger partial charge is 0.329 e. The molecule has 0 saturated heterocycles. The first kappa shape index (κ1) is 9.09. The highest BCUT2D eigenvalue weighted by molar-refractivity contribution is 14.1. The summed E-state index contributed by atoms with van der Waals surface area (Å²) in [6.45, 7) is 7.45. The van der Waals surface area contributed by atoms with Crippen molar-refractivity contribution in [3.05, 3.63) is 0 Å². The van der Waals surface area contributed by atoms with Crippen molar-refractivity contribution in [2.45, 2.75) is 31.0 Å². The molecule has 0 aromatic carbocycles. The normalized spacial score (nSPS) is 23.9. The fourth-order valence-corrected chi connectivity index (χ4v) is 2.33. The first-order chi connectivity index (χ1) is 5.16. The van der Waals surface area contributed by atoms with E-state index in [1.165, 1.54) is 0 Å². The van der Waals surface area contributed by atoms with E-state index in [0.717, 1.165) is 6.54 Å². The summed E-state index contributed by atoms with van der Waals surface area (Å²) in [4.78, 5) is 2.24. The third-order valence-corrected chi connectivity index (χ3v) is 3.03. The molecular weight excluding hydrogens is 253 g/mol. The second-order valence-corrected chi connectivity index (χ2v) is 3.95. The van der Waals surface area contributed by atoms with Gasteiger partial charge in [-0.2, -0.15) is 5.10 Å². The van der Waals surface area contributed by atoms with Gasteiger partial charge in [0.15, 0.2) is 4.17 Å². The first-order valence-corrected chi connectivity index (χ1v) is 5.13. The van der Waals surface area contributed by atoms with E-state index in [1.54, 1.807) is 0 Å². The average Bonchev–Trinajstić information content (AvgIpc) is 2.30. The minimum atomic E-state index is 0.401. The maximum absolute atomic E-state index is 4.26. The van der Waals surface area contributed by atoms with Gasteiger partial charge in [0.2, 0.25) is 0 Å². The molecule has 0 spiro atoms. The molecule has 11 heavy (non-hydrogen) atoms. The lowest BCUT2D eigenvalue weighted by atomic mass is 10.4. The second kappa shape index (κ2) is 3.60. The van der Waals surface area contributed by atoms with Crippen molar-refractivity contribution >= 4 is 28.9 Å². The Hall–Kier alpha value is 0. The van der Waals surface area contributed by atoms with Crippen LogP contribution < -0.4 is 0 Å². The molecule has 0 fully saturated rings. The summed E-state index contributed by atoms with van der Waals surface area (Å²) in [5.41, 5.74) is 0. The second-order valence-electron chi connectivity index (χ2n) is 2.84. The molecule has 0 aliphatic carbocycles. The summed E-state index contributed by atoms with van der Waals surface area (Å²) in [5, 5.41) is 6.33. The summed E-state index contributed by atoms with van der Waals surface area (Å²) in [7, 11) is 0. The number of rotatable bonds is 2. The number of hydrazone groups is 1. The SMILES string of the molecule is CCN1N=CN(C(C)C)C1I. The molecule has 64 valence electrons. The van der Waals surface area contributed by atoms with Crippen molar-refractivity contribution in [1.82, 2.24) is 9.91 Å². The van der Waals surface area contributed by atoms with Crippen LogP contribution >= 0.6 is 22.6 Å². The van der Waals surface area contributed by atoms with Gasteiger partial charge in [0, 0.05) is 12.6 Å². The quantitative estimate of drug-likeness (QED) is 0.431. The molecule has 1 atom stereocenters. The summed E-state index contributed by atoms with van der Waals surface area (Å²) in [6.07, 6.45) is 1.92. The average molecular weight is 267 g/mol. The van der Waals surface area contributed by atoms with E-state index in [1.807, 2.05) is 6.34 Å². The van der Waals surface area contributed by atoms with Crippen molar-refractivity contribution < 1.29 is 0 Å². The molecular formula is C7H14IN3. The fourth-order valence-electron chi connectivity index (χ4n) is 1.00. The van der Waals surface area contributed by atoms with Crippen molar-refractivity contribution in [3.63, 3.8) is 0 Å². The predicted molar refractivity (Wildman–Crippen MR) is 55.7 cm³/mol. The molecule has 0 radical (unpaired) electrons. The van der Waals surface area contributed by atoms with Gasteiger partial charge in [0.05, 0.1) is 0 Å². The van der Waals surface area contributed by atoms with Crippen LogP contribution in [-0.2, 0) is 0 Å². The lowest BCUT2D eigenvalue weighted by Crippen LogP contribution is -2.38. The van der Waals surface area contributed by atoms with E-state index in [0.29, 0.717) is 10.2 Å². The molecule has 1 unspecified atom stereocenters. The molecule has 0 bridgehead atoms. The molecule has 0 aromatic heterocycles. The standard InChI is InChI=1S/C7H14IN3/c1-4-11-7(8)10(5-9-11)6(2)3/h5-7H,4H2,1-3H3. The zero-order valence-corrected chi connectivity index (χ0v) is 9.32. The van der Waals surface area contributed by atoms with E-state index >= 15 is 0 Å². The van der Waals surface area contributed by atoms with Crippen LogP contribution in [0.5, 0.6) is 0 Å². The smallest absolute Gasteiger partial charge is 0.171 e. The van der Waals surface area contributed by atoms with Gasteiger partial charge in [-0.25, -0.2) is 0 Å². The van der Waals surface area contributed by atoms with Crippen molar-refractivity contribution in [2.75, 3.05) is 6.54 Å². The Morgan fingerprint density at radius 3 is 2.55 bits per heavy atom. The van der Waals surface area contributed by atoms with Crippen molar-refractivity contribution in [3.8, 4) is 0 Å². The number of hydrogen-bond acceptors (Lipinski definition) is 3. The molecule has 0 amide bonds. The summed E-state index contributed by atoms with van der Waals surface area (Å²) in [5.74, 6) is 0. The molecule has 0 saturated carbocycles. The van der Waals surface area contributed by atoms with Gasteiger partial charge in [-0.05, 0) is 43.4 Å². The van der Waals surface area contributed by atoms with Gasteiger partial charge in [-0.3, -0.25) is 5.01 Å². The maximum atomic E-state index is 4.26. The van der Waals surface area contributed by atoms with Crippen LogP contribution in [0.4, 0.5) is 0 Å². The Bertz CT molecular complexity index is 158. The Kier molecular flexibility index (Phi) is 2.98. The van der Waals surface area contributed by atoms with Crippen LogP contribution in [0, 0.1) is 0 Å². The topological polar surface area (TPSA) is 18.8 Å². The van der Waals surface area contributed by atoms with Crippen molar-refractivity contribution in [1.29, 1.82) is 0 Å². The van der Waals surface area contributed by atoms with Crippen LogP contribution in [-0.4, -0.2) is 33.0 Å². The lowest BCUT2D eigenvalue weighted by molar-refractivity contribution is 0.205. The third kappa shape index (κ3) is 1.77. The summed E-state index contributed by atoms with van der Waals surface area (Å²) >= 11 is 2.40. The highest BCUT2D eigenvalue weighted by Gasteiger charge is 2.25. The lowest BCUT2D eigenvalue weighted by Gasteiger charge is -2.27. The van der Waals surface area contributed by atoms with Crippen LogP contribution in [0.3, 0.4) is 0 Å². The fraction of sp³-hybridized carbons (Fsp3) is 0.857. The molecule has 0 aromatic rings. The predicted octanol–water partition coefficient (Wildman–Crippen LogP) is 1.69. The van der Waals surface area contributed by atoms with E-state index in [-0.39, 0.29) is 0 Å². The maximum Gasteiger partial charge on any atom is 0.171 e. The molecule has 1 aliphatic heterocycles. The number of hydrogen-bond donors (Lipinski definition) is 0. The number of nitrogens with zero attached hydrogens (tertiary/aromatic N) is 3. The molecule has 1 heterocycles. The minimum absolute atomic E-state index is 0.401. The Labute approximate surface area is 81.6 Å². The van der Waals surface area contributed by atoms with Crippen molar-refractivity contribution in [2.24, 2.45) is 5.10 Å². The molecule has 1 aliphatic rings. The van der Waals surface area contributed by atoms with Crippen LogP contribution in [0.2, 0.25) is 0 Å². The summed E-state index contributed by atoms with van der Waals surface area (Å²) in [6, 6.07) is 0.539. The van der Waals surface area contributed by atoms with Gasteiger partial charge in [0.1, 0.15) is 6.34 Å².